The summed E-state index contributed by atoms with van der Waals surface area (Å²) in [5.74, 6) is -1.14. The molecular formula is C19H21Cl2F3N4. The molecule has 9 heteroatoms. The number of aromatic nitrogens is 2. The zero-order valence-electron chi connectivity index (χ0n) is 15.4. The van der Waals surface area contributed by atoms with Gasteiger partial charge in [-0.3, -0.25) is 0 Å². The summed E-state index contributed by atoms with van der Waals surface area (Å²) in [4.78, 5) is 9.46. The largest absolute Gasteiger partial charge is 0.451 e. The van der Waals surface area contributed by atoms with Crippen molar-refractivity contribution >= 4 is 34.7 Å². The molecule has 0 aliphatic carbocycles. The summed E-state index contributed by atoms with van der Waals surface area (Å²) >= 11 is 12.2. The van der Waals surface area contributed by atoms with Gasteiger partial charge in [0.15, 0.2) is 0 Å². The fourth-order valence-corrected chi connectivity index (χ4v) is 4.01. The van der Waals surface area contributed by atoms with Crippen molar-refractivity contribution in [2.45, 2.75) is 44.7 Å². The second-order valence-corrected chi connectivity index (χ2v) is 7.65. The number of nitrogens with zero attached hydrogens (tertiary/aromatic N) is 3. The molecule has 0 bridgehead atoms. The van der Waals surface area contributed by atoms with Crippen LogP contribution in [0.5, 0.6) is 0 Å². The molecule has 1 aromatic heterocycles. The average Bonchev–Trinajstić information content (AvgIpc) is 3.05. The predicted molar refractivity (Wildman–Crippen MR) is 106 cm³/mol. The number of fused-ring (bicyclic) bond motifs is 1. The summed E-state index contributed by atoms with van der Waals surface area (Å²) in [5, 5.41) is 0.811. The zero-order valence-corrected chi connectivity index (χ0v) is 16.9. The van der Waals surface area contributed by atoms with Crippen LogP contribution in [-0.2, 0) is 12.6 Å². The molecule has 2 heterocycles. The zero-order chi connectivity index (χ0) is 20.5. The van der Waals surface area contributed by atoms with Crippen LogP contribution in [0.25, 0.3) is 0 Å². The number of alkyl halides is 3. The molecule has 28 heavy (non-hydrogen) atoms. The highest BCUT2D eigenvalue weighted by molar-refractivity contribution is 6.36. The van der Waals surface area contributed by atoms with Gasteiger partial charge in [-0.1, -0.05) is 43.0 Å². The highest BCUT2D eigenvalue weighted by Crippen LogP contribution is 2.42. The van der Waals surface area contributed by atoms with Gasteiger partial charge >= 0.3 is 6.18 Å². The Bertz CT molecular complexity index is 858. The van der Waals surface area contributed by atoms with Crippen LogP contribution in [0.15, 0.2) is 18.2 Å². The summed E-state index contributed by atoms with van der Waals surface area (Å²) in [6.07, 6.45) is -1.62. The first-order valence-electron chi connectivity index (χ1n) is 9.16. The standard InChI is InChI=1S/C19H21Cl2F3N4/c1-2-3-4-11(10-25)16-13-7-8-28(15-6-5-12(20)9-14(15)21)17(13)27-18(26-16)19(22,23)24/h5-6,9,11H,2-4,7-8,10,25H2,1H3. The maximum absolute atomic E-state index is 13.5. The van der Waals surface area contributed by atoms with Gasteiger partial charge in [-0.25, -0.2) is 9.97 Å². The Balaban J connectivity index is 2.13. The second-order valence-electron chi connectivity index (χ2n) is 6.80. The number of hydrogen-bond acceptors (Lipinski definition) is 4. The molecule has 0 radical (unpaired) electrons. The molecule has 0 saturated heterocycles. The molecule has 4 nitrogen and oxygen atoms in total. The first kappa shape index (κ1) is 21.1. The average molecular weight is 433 g/mol. The third-order valence-corrected chi connectivity index (χ3v) is 5.43. The SMILES string of the molecule is CCCCC(CN)c1nc(C(F)(F)F)nc2c1CCN2c1ccc(Cl)cc1Cl. The molecule has 1 unspecified atom stereocenters. The molecule has 0 saturated carbocycles. The fraction of sp³-hybridized carbons (Fsp3) is 0.474. The van der Waals surface area contributed by atoms with Crippen LogP contribution in [-0.4, -0.2) is 23.1 Å². The van der Waals surface area contributed by atoms with Crippen molar-refractivity contribution in [3.8, 4) is 0 Å². The molecule has 0 spiro atoms. The lowest BCUT2D eigenvalue weighted by atomic mass is 9.94. The van der Waals surface area contributed by atoms with E-state index in [2.05, 4.69) is 9.97 Å². The molecule has 1 atom stereocenters. The Morgan fingerprint density at radius 1 is 1.25 bits per heavy atom. The van der Waals surface area contributed by atoms with Gasteiger partial charge in [0.2, 0.25) is 5.82 Å². The van der Waals surface area contributed by atoms with Crippen LogP contribution in [0.3, 0.4) is 0 Å². The quantitative estimate of drug-likeness (QED) is 0.632. The third kappa shape index (κ3) is 4.21. The van der Waals surface area contributed by atoms with Gasteiger partial charge in [0.25, 0.3) is 0 Å². The number of rotatable bonds is 6. The second kappa shape index (κ2) is 8.43. The van der Waals surface area contributed by atoms with Gasteiger partial charge in [0.1, 0.15) is 5.82 Å². The van der Waals surface area contributed by atoms with Gasteiger partial charge in [-0.2, -0.15) is 13.2 Å². The van der Waals surface area contributed by atoms with E-state index >= 15 is 0 Å². The van der Waals surface area contributed by atoms with Crippen molar-refractivity contribution in [1.29, 1.82) is 0 Å². The summed E-state index contributed by atoms with van der Waals surface area (Å²) in [7, 11) is 0. The molecular weight excluding hydrogens is 412 g/mol. The van der Waals surface area contributed by atoms with Crippen molar-refractivity contribution < 1.29 is 13.2 Å². The molecule has 0 amide bonds. The van der Waals surface area contributed by atoms with Crippen LogP contribution in [0, 0.1) is 0 Å². The van der Waals surface area contributed by atoms with Crippen molar-refractivity contribution in [2.24, 2.45) is 5.73 Å². The van der Waals surface area contributed by atoms with Crippen molar-refractivity contribution in [1.82, 2.24) is 9.97 Å². The number of hydrogen-bond donors (Lipinski definition) is 1. The van der Waals surface area contributed by atoms with Crippen molar-refractivity contribution in [2.75, 3.05) is 18.0 Å². The van der Waals surface area contributed by atoms with Crippen LogP contribution in [0.4, 0.5) is 24.7 Å². The summed E-state index contributed by atoms with van der Waals surface area (Å²) in [6.45, 7) is 2.73. The van der Waals surface area contributed by atoms with E-state index in [4.69, 9.17) is 28.9 Å². The lowest BCUT2D eigenvalue weighted by molar-refractivity contribution is -0.145. The van der Waals surface area contributed by atoms with Gasteiger partial charge in [0.05, 0.1) is 16.4 Å². The van der Waals surface area contributed by atoms with E-state index in [0.29, 0.717) is 46.4 Å². The normalized spacial score (nSPS) is 15.0. The van der Waals surface area contributed by atoms with E-state index in [9.17, 15) is 13.2 Å². The van der Waals surface area contributed by atoms with Crippen LogP contribution >= 0.6 is 23.2 Å². The van der Waals surface area contributed by atoms with Crippen LogP contribution < -0.4 is 10.6 Å². The van der Waals surface area contributed by atoms with E-state index in [-0.39, 0.29) is 18.3 Å². The number of nitrogens with two attached hydrogens (primary N) is 1. The number of anilines is 2. The van der Waals surface area contributed by atoms with Crippen LogP contribution in [0.1, 0.15) is 49.2 Å². The number of benzene rings is 1. The lowest BCUT2D eigenvalue weighted by Crippen LogP contribution is -2.21. The van der Waals surface area contributed by atoms with Gasteiger partial charge in [-0.05, 0) is 31.0 Å². The van der Waals surface area contributed by atoms with Gasteiger partial charge in [0, 0.05) is 29.6 Å². The minimum Gasteiger partial charge on any atom is -0.330 e. The Kier molecular flexibility index (Phi) is 6.37. The van der Waals surface area contributed by atoms with E-state index in [0.717, 1.165) is 12.8 Å². The lowest BCUT2D eigenvalue weighted by Gasteiger charge is -2.23. The van der Waals surface area contributed by atoms with Crippen molar-refractivity contribution in [3.63, 3.8) is 0 Å². The molecule has 1 aliphatic rings. The van der Waals surface area contributed by atoms with Gasteiger partial charge in [-0.15, -0.1) is 0 Å². The Hall–Kier alpha value is -1.57. The number of halogens is 5. The fourth-order valence-electron chi connectivity index (χ4n) is 3.50. The predicted octanol–water partition coefficient (Wildman–Crippen LogP) is 5.73. The Labute approximate surface area is 171 Å². The molecule has 3 rings (SSSR count). The highest BCUT2D eigenvalue weighted by atomic mass is 35.5. The van der Waals surface area contributed by atoms with Crippen LogP contribution in [0.2, 0.25) is 10.0 Å². The highest BCUT2D eigenvalue weighted by Gasteiger charge is 2.39. The van der Waals surface area contributed by atoms with Crippen molar-refractivity contribution in [3.05, 3.63) is 45.3 Å². The molecule has 0 fully saturated rings. The monoisotopic (exact) mass is 432 g/mol. The minimum absolute atomic E-state index is 0.238. The third-order valence-electron chi connectivity index (χ3n) is 4.89. The van der Waals surface area contributed by atoms with E-state index in [1.54, 1.807) is 23.1 Å². The Morgan fingerprint density at radius 2 is 2.00 bits per heavy atom. The maximum atomic E-state index is 13.5. The molecule has 2 N–H and O–H groups in total. The Morgan fingerprint density at radius 3 is 2.61 bits per heavy atom. The van der Waals surface area contributed by atoms with E-state index in [1.165, 1.54) is 0 Å². The summed E-state index contributed by atoms with van der Waals surface area (Å²) in [5.41, 5.74) is 7.58. The maximum Gasteiger partial charge on any atom is 0.451 e. The topological polar surface area (TPSA) is 55.0 Å². The number of unbranched alkanes of at least 4 members (excludes halogenated alkanes) is 1. The molecule has 2 aromatic rings. The molecule has 1 aliphatic heterocycles. The minimum atomic E-state index is -4.65. The van der Waals surface area contributed by atoms with Gasteiger partial charge < -0.3 is 10.6 Å². The first-order chi connectivity index (χ1) is 13.3. The smallest absolute Gasteiger partial charge is 0.330 e. The summed E-state index contributed by atoms with van der Waals surface area (Å²) < 4.78 is 40.5. The molecule has 152 valence electrons. The summed E-state index contributed by atoms with van der Waals surface area (Å²) in [6, 6.07) is 4.90. The van der Waals surface area contributed by atoms with E-state index in [1.807, 2.05) is 6.92 Å². The first-order valence-corrected chi connectivity index (χ1v) is 9.92. The van der Waals surface area contributed by atoms with E-state index < -0.39 is 12.0 Å². The molecule has 1 aromatic carbocycles.